The molecule has 4 aromatic carbocycles. The molecule has 2 atom stereocenters. The molecule has 12 nitrogen and oxygen atoms in total. The average molecular weight is 991 g/mol. The topological polar surface area (TPSA) is 110 Å². The van der Waals surface area contributed by atoms with Crippen LogP contribution in [0.15, 0.2) is 131 Å². The lowest BCUT2D eigenvalue weighted by Crippen LogP contribution is -2.55. The highest BCUT2D eigenvalue weighted by molar-refractivity contribution is 5.83. The van der Waals surface area contributed by atoms with Crippen LogP contribution >= 0.6 is 0 Å². The molecule has 0 bridgehead atoms. The second kappa shape index (κ2) is 23.0. The number of allylic oxidation sites excluding steroid dienone is 2. The SMILES string of the molecule is C[C@@H]1C(=O)N(C)CCN1CCOc1ccc(C#Cc2ccc(-c3cn(C)c(=O)c4c3C=CC4)cc2)cc1.C[C@@H]1C(=O)N(C)CCN1CCOc1ccc(CCc2ccc(-c3cn(C)c(=O)c4c3C=CC4)cc2)cc1. The average Bonchev–Trinajstić information content (AvgIpc) is 4.13. The number of benzene rings is 4. The number of amides is 2. The van der Waals surface area contributed by atoms with Crippen molar-refractivity contribution in [2.45, 2.75) is 51.6 Å². The predicted molar refractivity (Wildman–Crippen MR) is 294 cm³/mol. The zero-order valence-electron chi connectivity index (χ0n) is 43.5. The van der Waals surface area contributed by atoms with Gasteiger partial charge in [0.05, 0.1) is 12.1 Å². The molecular weight excluding hydrogens is 925 g/mol. The van der Waals surface area contributed by atoms with E-state index in [-0.39, 0.29) is 35.0 Å². The molecule has 380 valence electrons. The van der Waals surface area contributed by atoms with E-state index >= 15 is 0 Å². The van der Waals surface area contributed by atoms with Gasteiger partial charge in [0.15, 0.2) is 0 Å². The second-order valence-corrected chi connectivity index (χ2v) is 19.7. The number of aryl methyl sites for hydroxylation is 4. The van der Waals surface area contributed by atoms with Gasteiger partial charge in [0.1, 0.15) is 24.7 Å². The van der Waals surface area contributed by atoms with Crippen LogP contribution in [0.4, 0.5) is 0 Å². The third kappa shape index (κ3) is 11.7. The first-order chi connectivity index (χ1) is 35.8. The Bertz CT molecular complexity index is 3250. The lowest BCUT2D eigenvalue weighted by atomic mass is 9.97. The molecule has 2 saturated heterocycles. The van der Waals surface area contributed by atoms with Crippen LogP contribution in [-0.2, 0) is 49.4 Å². The van der Waals surface area contributed by atoms with Crippen LogP contribution in [-0.4, -0.2) is 119 Å². The Morgan fingerprint density at radius 2 is 0.878 bits per heavy atom. The van der Waals surface area contributed by atoms with E-state index in [1.54, 1.807) is 26.0 Å². The third-order valence-corrected chi connectivity index (χ3v) is 14.8. The highest BCUT2D eigenvalue weighted by Gasteiger charge is 2.30. The number of nitrogens with zero attached hydrogens (tertiary/aromatic N) is 6. The Balaban J connectivity index is 0.000000182. The maximum Gasteiger partial charge on any atom is 0.254 e. The lowest BCUT2D eigenvalue weighted by molar-refractivity contribution is -0.140. The van der Waals surface area contributed by atoms with Crippen molar-refractivity contribution in [1.82, 2.24) is 28.7 Å². The summed E-state index contributed by atoms with van der Waals surface area (Å²) in [6, 6.07) is 32.8. The van der Waals surface area contributed by atoms with Crippen molar-refractivity contribution in [3.8, 4) is 45.6 Å². The van der Waals surface area contributed by atoms with Gasteiger partial charge in [-0.05, 0) is 121 Å². The highest BCUT2D eigenvalue weighted by atomic mass is 16.5. The van der Waals surface area contributed by atoms with Crippen molar-refractivity contribution in [2.75, 3.05) is 66.6 Å². The number of likely N-dealkylation sites (N-methyl/N-ethyl adjacent to an activating group) is 2. The minimum atomic E-state index is -0.104. The second-order valence-electron chi connectivity index (χ2n) is 19.7. The number of hydrogen-bond acceptors (Lipinski definition) is 8. The van der Waals surface area contributed by atoms with Crippen molar-refractivity contribution in [3.05, 3.63) is 187 Å². The monoisotopic (exact) mass is 991 g/mol. The Hall–Kier alpha value is -7.72. The number of carbonyl (C=O) groups is 2. The first-order valence-corrected chi connectivity index (χ1v) is 25.7. The zero-order valence-corrected chi connectivity index (χ0v) is 43.5. The molecule has 2 aliphatic carbocycles. The molecule has 4 aliphatic rings. The molecule has 6 aromatic rings. The number of carbonyl (C=O) groups excluding carboxylic acids is 2. The van der Waals surface area contributed by atoms with Crippen molar-refractivity contribution < 1.29 is 19.1 Å². The van der Waals surface area contributed by atoms with Crippen LogP contribution < -0.4 is 20.6 Å². The summed E-state index contributed by atoms with van der Waals surface area (Å²) < 4.78 is 15.2. The van der Waals surface area contributed by atoms with Crippen LogP contribution in [0, 0.1) is 11.8 Å². The Kier molecular flexibility index (Phi) is 15.9. The van der Waals surface area contributed by atoms with Gasteiger partial charge in [0.2, 0.25) is 11.8 Å². The quantitative estimate of drug-likeness (QED) is 0.110. The van der Waals surface area contributed by atoms with E-state index in [0.29, 0.717) is 26.1 Å². The summed E-state index contributed by atoms with van der Waals surface area (Å²) in [6.07, 6.45) is 15.4. The molecule has 0 radical (unpaired) electrons. The summed E-state index contributed by atoms with van der Waals surface area (Å²) in [4.78, 5) is 57.0. The molecule has 2 aromatic heterocycles. The summed E-state index contributed by atoms with van der Waals surface area (Å²) in [5.41, 5.74) is 12.8. The molecule has 10 rings (SSSR count). The van der Waals surface area contributed by atoms with E-state index in [1.165, 1.54) is 11.1 Å². The number of fused-ring (bicyclic) bond motifs is 2. The smallest absolute Gasteiger partial charge is 0.254 e. The minimum Gasteiger partial charge on any atom is -0.492 e. The van der Waals surface area contributed by atoms with Crippen molar-refractivity contribution in [2.24, 2.45) is 14.1 Å². The van der Waals surface area contributed by atoms with Gasteiger partial charge in [-0.3, -0.25) is 29.0 Å². The number of piperazine rings is 2. The number of aromatic nitrogens is 2. The van der Waals surface area contributed by atoms with Crippen LogP contribution in [0.1, 0.15) is 58.4 Å². The molecule has 12 heteroatoms. The van der Waals surface area contributed by atoms with Gasteiger partial charge < -0.3 is 28.4 Å². The first kappa shape index (κ1) is 51.2. The maximum atomic E-state index is 12.4. The minimum absolute atomic E-state index is 0.0729. The van der Waals surface area contributed by atoms with E-state index in [0.717, 1.165) is 119 Å². The molecule has 0 spiro atoms. The summed E-state index contributed by atoms with van der Waals surface area (Å²) in [7, 11) is 7.34. The molecule has 0 unspecified atom stereocenters. The zero-order chi connectivity index (χ0) is 51.9. The standard InChI is InChI=1S/C31H35N3O3.C31H31N3O3/c2*1-22-30(35)32(2)17-18-34(22)19-20-37-26-15-11-24(12-16-26)8-7-23-9-13-25(14-10-23)29-21-33(3)31(36)28-6-4-5-27(28)29/h4-5,9-16,21-22H,6-8,17-20H2,1-3H3;4-5,9-16,21-22H,6,17-20H2,1-3H3/t2*22-/m11/s1. The Morgan fingerprint density at radius 3 is 1.31 bits per heavy atom. The number of ether oxygens (including phenoxy) is 2. The molecular formula is C62H66N6O6. The fourth-order valence-electron chi connectivity index (χ4n) is 10.1. The van der Waals surface area contributed by atoms with Gasteiger partial charge >= 0.3 is 0 Å². The van der Waals surface area contributed by atoms with E-state index in [9.17, 15) is 19.2 Å². The third-order valence-electron chi connectivity index (χ3n) is 14.8. The van der Waals surface area contributed by atoms with Gasteiger partial charge in [-0.1, -0.05) is 84.7 Å². The largest absolute Gasteiger partial charge is 0.492 e. The fourth-order valence-corrected chi connectivity index (χ4v) is 10.1. The van der Waals surface area contributed by atoms with Crippen molar-refractivity contribution in [3.63, 3.8) is 0 Å². The summed E-state index contributed by atoms with van der Waals surface area (Å²) in [6.45, 7) is 9.77. The van der Waals surface area contributed by atoms with Gasteiger partial charge in [0.25, 0.3) is 11.1 Å². The normalized spacial score (nSPS) is 17.1. The Morgan fingerprint density at radius 1 is 0.500 bits per heavy atom. The molecule has 0 N–H and O–H groups in total. The van der Waals surface area contributed by atoms with Crippen LogP contribution in [0.3, 0.4) is 0 Å². The van der Waals surface area contributed by atoms with Crippen LogP contribution in [0.25, 0.3) is 34.4 Å². The van der Waals surface area contributed by atoms with Crippen LogP contribution in [0.2, 0.25) is 0 Å². The molecule has 2 amide bonds. The van der Waals surface area contributed by atoms with Gasteiger partial charge in [-0.15, -0.1) is 0 Å². The van der Waals surface area contributed by atoms with Gasteiger partial charge in [-0.25, -0.2) is 0 Å². The molecule has 2 fully saturated rings. The predicted octanol–water partition coefficient (Wildman–Crippen LogP) is 7.51. The summed E-state index contributed by atoms with van der Waals surface area (Å²) in [5.74, 6) is 8.44. The molecule has 2 aliphatic heterocycles. The van der Waals surface area contributed by atoms with Crippen molar-refractivity contribution in [1.29, 1.82) is 0 Å². The molecule has 4 heterocycles. The van der Waals surface area contributed by atoms with Gasteiger partial charge in [0, 0.05) is 113 Å². The summed E-state index contributed by atoms with van der Waals surface area (Å²) >= 11 is 0. The van der Waals surface area contributed by atoms with E-state index in [4.69, 9.17) is 9.47 Å². The van der Waals surface area contributed by atoms with E-state index in [1.807, 2.05) is 108 Å². The maximum absolute atomic E-state index is 12.4. The number of pyridine rings is 2. The summed E-state index contributed by atoms with van der Waals surface area (Å²) in [5, 5.41) is 0. The number of hydrogen-bond donors (Lipinski definition) is 0. The first-order valence-electron chi connectivity index (χ1n) is 25.7. The molecule has 0 saturated carbocycles. The number of rotatable bonds is 13. The fraction of sp³-hybridized carbons (Fsp3) is 0.323. The van der Waals surface area contributed by atoms with E-state index < -0.39 is 0 Å². The van der Waals surface area contributed by atoms with Gasteiger partial charge in [-0.2, -0.15) is 0 Å². The van der Waals surface area contributed by atoms with Crippen molar-refractivity contribution >= 4 is 24.0 Å². The highest BCUT2D eigenvalue weighted by Crippen LogP contribution is 2.31. The molecule has 74 heavy (non-hydrogen) atoms. The lowest BCUT2D eigenvalue weighted by Gasteiger charge is -2.37. The van der Waals surface area contributed by atoms with E-state index in [2.05, 4.69) is 82.3 Å². The Labute approximate surface area is 434 Å². The van der Waals surface area contributed by atoms with Crippen LogP contribution in [0.5, 0.6) is 11.5 Å².